The topological polar surface area (TPSA) is 50.7 Å². The molecular weight excluding hydrogens is 324 g/mol. The Labute approximate surface area is 152 Å². The van der Waals surface area contributed by atoms with Crippen molar-refractivity contribution in [3.05, 3.63) is 83.9 Å². The molecule has 0 aliphatic rings. The van der Waals surface area contributed by atoms with Crippen molar-refractivity contribution in [2.45, 2.75) is 6.92 Å². The van der Waals surface area contributed by atoms with Crippen LogP contribution in [-0.2, 0) is 4.79 Å². The largest absolute Gasteiger partial charge is 0.484 e. The minimum atomic E-state index is -0.304. The third-order valence-corrected chi connectivity index (χ3v) is 3.74. The smallest absolute Gasteiger partial charge is 0.277 e. The quantitative estimate of drug-likeness (QED) is 0.531. The first kappa shape index (κ1) is 17.4. The van der Waals surface area contributed by atoms with Crippen molar-refractivity contribution in [3.63, 3.8) is 0 Å². The number of nitrogens with zero attached hydrogens (tertiary/aromatic N) is 1. The number of rotatable bonds is 6. The van der Waals surface area contributed by atoms with Crippen molar-refractivity contribution < 1.29 is 9.53 Å². The fourth-order valence-electron chi connectivity index (χ4n) is 2.49. The van der Waals surface area contributed by atoms with Gasteiger partial charge >= 0.3 is 0 Å². The Hall–Kier alpha value is -3.40. The third-order valence-electron chi connectivity index (χ3n) is 3.74. The van der Waals surface area contributed by atoms with E-state index in [2.05, 4.69) is 10.5 Å². The van der Waals surface area contributed by atoms with Gasteiger partial charge in [-0.3, -0.25) is 4.79 Å². The number of allylic oxidation sites excluding steroid dienone is 1. The Kier molecular flexibility index (Phi) is 5.78. The number of hydrogen-bond acceptors (Lipinski definition) is 3. The van der Waals surface area contributed by atoms with Crippen LogP contribution in [-0.4, -0.2) is 18.7 Å². The lowest BCUT2D eigenvalue weighted by atomic mass is 10.1. The van der Waals surface area contributed by atoms with Crippen molar-refractivity contribution in [3.8, 4) is 5.75 Å². The maximum Gasteiger partial charge on any atom is 0.277 e. The minimum Gasteiger partial charge on any atom is -0.484 e. The molecule has 130 valence electrons. The van der Waals surface area contributed by atoms with Crippen LogP contribution in [0.3, 0.4) is 0 Å². The van der Waals surface area contributed by atoms with Crippen LogP contribution in [0.15, 0.2) is 83.5 Å². The number of ether oxygens (including phenoxy) is 1. The van der Waals surface area contributed by atoms with Gasteiger partial charge < -0.3 is 4.74 Å². The third kappa shape index (κ3) is 5.05. The summed E-state index contributed by atoms with van der Waals surface area (Å²) in [6.07, 6.45) is 3.60. The van der Waals surface area contributed by atoms with Crippen molar-refractivity contribution in [1.29, 1.82) is 0 Å². The first-order valence-electron chi connectivity index (χ1n) is 8.37. The molecule has 26 heavy (non-hydrogen) atoms. The minimum absolute atomic E-state index is 0.0862. The van der Waals surface area contributed by atoms with Crippen LogP contribution in [0.2, 0.25) is 0 Å². The van der Waals surface area contributed by atoms with Crippen LogP contribution in [0.1, 0.15) is 12.5 Å². The fourth-order valence-corrected chi connectivity index (χ4v) is 2.49. The molecule has 0 unspecified atom stereocenters. The Morgan fingerprint density at radius 3 is 2.54 bits per heavy atom. The van der Waals surface area contributed by atoms with Crippen molar-refractivity contribution in [1.82, 2.24) is 5.43 Å². The second kappa shape index (κ2) is 8.62. The number of fused-ring (bicyclic) bond motifs is 1. The lowest BCUT2D eigenvalue weighted by Crippen LogP contribution is -2.24. The lowest BCUT2D eigenvalue weighted by Gasteiger charge is -2.06. The van der Waals surface area contributed by atoms with Gasteiger partial charge in [0, 0.05) is 0 Å². The number of hydrazone groups is 1. The Bertz CT molecular complexity index is 947. The van der Waals surface area contributed by atoms with Gasteiger partial charge in [0.15, 0.2) is 6.61 Å². The van der Waals surface area contributed by atoms with Crippen LogP contribution < -0.4 is 10.2 Å². The maximum atomic E-state index is 11.9. The number of carbonyl (C=O) groups is 1. The van der Waals surface area contributed by atoms with E-state index >= 15 is 0 Å². The molecule has 0 saturated heterocycles. The summed E-state index contributed by atoms with van der Waals surface area (Å²) in [6, 6.07) is 23.7. The van der Waals surface area contributed by atoms with Crippen molar-refractivity contribution in [2.24, 2.45) is 5.10 Å². The first-order chi connectivity index (χ1) is 12.7. The molecule has 0 aliphatic heterocycles. The molecule has 0 spiro atoms. The average Bonchev–Trinajstić information content (AvgIpc) is 2.67. The van der Waals surface area contributed by atoms with Crippen molar-refractivity contribution in [2.75, 3.05) is 6.61 Å². The zero-order chi connectivity index (χ0) is 18.2. The van der Waals surface area contributed by atoms with E-state index in [1.54, 1.807) is 6.21 Å². The standard InChI is InChI=1S/C22H20N2O2/c1-17(13-18-7-3-2-4-8-18)15-23-24-22(25)16-26-21-12-11-19-9-5-6-10-20(19)14-21/h2-15H,16H2,1H3,(H,24,25)/b17-13+,23-15-. The van der Waals surface area contributed by atoms with Crippen LogP contribution in [0.25, 0.3) is 16.8 Å². The number of nitrogens with one attached hydrogen (secondary N) is 1. The molecule has 1 N–H and O–H groups in total. The van der Waals surface area contributed by atoms with Gasteiger partial charge in [-0.1, -0.05) is 66.7 Å². The van der Waals surface area contributed by atoms with E-state index in [0.29, 0.717) is 5.75 Å². The molecule has 0 radical (unpaired) electrons. The summed E-state index contributed by atoms with van der Waals surface area (Å²) >= 11 is 0. The highest BCUT2D eigenvalue weighted by Crippen LogP contribution is 2.20. The molecule has 0 saturated carbocycles. The zero-order valence-corrected chi connectivity index (χ0v) is 14.6. The molecule has 3 aromatic carbocycles. The van der Waals surface area contributed by atoms with Crippen LogP contribution in [0.5, 0.6) is 5.75 Å². The molecule has 4 nitrogen and oxygen atoms in total. The summed E-state index contributed by atoms with van der Waals surface area (Å²) in [4.78, 5) is 11.9. The molecule has 3 rings (SSSR count). The van der Waals surface area contributed by atoms with Gasteiger partial charge in [-0.15, -0.1) is 0 Å². The van der Waals surface area contributed by atoms with Gasteiger partial charge in [0.2, 0.25) is 0 Å². The molecule has 0 bridgehead atoms. The first-order valence-corrected chi connectivity index (χ1v) is 8.37. The van der Waals surface area contributed by atoms with E-state index in [-0.39, 0.29) is 12.5 Å². The zero-order valence-electron chi connectivity index (χ0n) is 14.6. The van der Waals surface area contributed by atoms with E-state index in [9.17, 15) is 4.79 Å². The van der Waals surface area contributed by atoms with Gasteiger partial charge in [-0.2, -0.15) is 5.10 Å². The predicted octanol–water partition coefficient (Wildman–Crippen LogP) is 4.42. The maximum absolute atomic E-state index is 11.9. The highest BCUT2D eigenvalue weighted by atomic mass is 16.5. The van der Waals surface area contributed by atoms with E-state index in [1.165, 1.54) is 0 Å². The van der Waals surface area contributed by atoms with Gasteiger partial charge in [-0.25, -0.2) is 5.43 Å². The number of carbonyl (C=O) groups excluding carboxylic acids is 1. The second-order valence-corrected chi connectivity index (χ2v) is 5.89. The van der Waals surface area contributed by atoms with Gasteiger partial charge in [0.25, 0.3) is 5.91 Å². The Balaban J connectivity index is 1.49. The molecule has 0 atom stereocenters. The summed E-state index contributed by atoms with van der Waals surface area (Å²) in [5.41, 5.74) is 4.49. The molecule has 1 amide bonds. The molecule has 0 fully saturated rings. The van der Waals surface area contributed by atoms with Crippen molar-refractivity contribution >= 4 is 29.0 Å². The van der Waals surface area contributed by atoms with Gasteiger partial charge in [0.1, 0.15) is 5.75 Å². The summed E-state index contributed by atoms with van der Waals surface area (Å²) in [6.45, 7) is 1.84. The van der Waals surface area contributed by atoms with E-state index < -0.39 is 0 Å². The Morgan fingerprint density at radius 1 is 1.00 bits per heavy atom. The summed E-state index contributed by atoms with van der Waals surface area (Å²) in [7, 11) is 0. The summed E-state index contributed by atoms with van der Waals surface area (Å²) in [5, 5.41) is 6.16. The van der Waals surface area contributed by atoms with Crippen LogP contribution in [0.4, 0.5) is 0 Å². The molecule has 4 heteroatoms. The monoisotopic (exact) mass is 344 g/mol. The summed E-state index contributed by atoms with van der Waals surface area (Å²) < 4.78 is 5.53. The molecular formula is C22H20N2O2. The van der Waals surface area contributed by atoms with Crippen LogP contribution in [0, 0.1) is 0 Å². The second-order valence-electron chi connectivity index (χ2n) is 5.89. The average molecular weight is 344 g/mol. The summed E-state index contributed by atoms with van der Waals surface area (Å²) in [5.74, 6) is 0.352. The van der Waals surface area contributed by atoms with E-state index in [0.717, 1.165) is 21.9 Å². The lowest BCUT2D eigenvalue weighted by molar-refractivity contribution is -0.123. The number of hydrogen-bond donors (Lipinski definition) is 1. The Morgan fingerprint density at radius 2 is 1.73 bits per heavy atom. The molecule has 0 aliphatic carbocycles. The number of amides is 1. The fraction of sp³-hybridized carbons (Fsp3) is 0.0909. The predicted molar refractivity (Wildman–Crippen MR) is 106 cm³/mol. The van der Waals surface area contributed by atoms with Crippen LogP contribution >= 0.6 is 0 Å². The number of benzene rings is 3. The highest BCUT2D eigenvalue weighted by Gasteiger charge is 2.02. The van der Waals surface area contributed by atoms with Gasteiger partial charge in [0.05, 0.1) is 6.21 Å². The molecule has 3 aromatic rings. The molecule has 0 heterocycles. The van der Waals surface area contributed by atoms with Gasteiger partial charge in [-0.05, 0) is 41.0 Å². The van der Waals surface area contributed by atoms with E-state index in [4.69, 9.17) is 4.74 Å². The SMILES string of the molecule is CC(/C=N\NC(=O)COc1ccc2ccccc2c1)=C\c1ccccc1. The highest BCUT2D eigenvalue weighted by molar-refractivity contribution is 5.86. The van der Waals surface area contributed by atoms with E-state index in [1.807, 2.05) is 85.8 Å². The normalized spacial score (nSPS) is 11.7. The molecule has 0 aromatic heterocycles.